The van der Waals surface area contributed by atoms with Crippen LogP contribution in [0, 0.1) is 0 Å². The Morgan fingerprint density at radius 1 is 0.476 bits per heavy atom. The van der Waals surface area contributed by atoms with Crippen LogP contribution in [-0.2, 0) is 0 Å². The molecule has 0 unspecified atom stereocenters. The van der Waals surface area contributed by atoms with Crippen LogP contribution in [0.15, 0.2) is 140 Å². The molecule has 0 amide bonds. The number of nitrogen functional groups attached to an aromatic ring is 1. The Labute approximate surface area is 242 Å². The summed E-state index contributed by atoms with van der Waals surface area (Å²) < 4.78 is 2.04. The maximum Gasteiger partial charge on any atom is 0.205 e. The highest BCUT2D eigenvalue weighted by molar-refractivity contribution is 6.25. The van der Waals surface area contributed by atoms with Crippen LogP contribution in [-0.4, -0.2) is 9.55 Å². The Kier molecular flexibility index (Phi) is 4.76. The van der Waals surface area contributed by atoms with Crippen molar-refractivity contribution in [3.8, 4) is 27.9 Å². The number of nitrogens with zero attached hydrogens (tertiary/aromatic N) is 2. The van der Waals surface area contributed by atoms with Gasteiger partial charge in [0.25, 0.3) is 0 Å². The zero-order valence-corrected chi connectivity index (χ0v) is 22.8. The molecule has 0 atom stereocenters. The third kappa shape index (κ3) is 3.31. The summed E-state index contributed by atoms with van der Waals surface area (Å²) in [5, 5.41) is 10.2. The number of hydrogen-bond acceptors (Lipinski definition) is 2. The van der Waals surface area contributed by atoms with E-state index in [4.69, 9.17) is 10.7 Å². The molecular formula is C39H25N3. The summed E-state index contributed by atoms with van der Waals surface area (Å²) in [7, 11) is 0. The summed E-state index contributed by atoms with van der Waals surface area (Å²) in [5.41, 5.74) is 14.1. The van der Waals surface area contributed by atoms with Gasteiger partial charge >= 0.3 is 0 Å². The molecule has 0 aliphatic rings. The quantitative estimate of drug-likeness (QED) is 0.229. The fourth-order valence-corrected chi connectivity index (χ4v) is 6.79. The summed E-state index contributed by atoms with van der Waals surface area (Å²) in [5.74, 6) is 0.482. The topological polar surface area (TPSA) is 43.8 Å². The van der Waals surface area contributed by atoms with Gasteiger partial charge in [-0.05, 0) is 89.6 Å². The standard InChI is InChI=1S/C39H25N3/c40-39-41-35-23-29(32-10-4-6-24-5-1-2-9-31(24)32)17-22-36(35)42(39)30-18-13-25(14-19-30)33-20-15-28-12-11-26-7-3-8-27-16-21-34(33)38(28)37(26)27/h1-23H,(H2,40,41). The fraction of sp³-hybridized carbons (Fsp3) is 0. The van der Waals surface area contributed by atoms with E-state index < -0.39 is 0 Å². The molecular weight excluding hydrogens is 510 g/mol. The number of nitrogens with two attached hydrogens (primary N) is 1. The van der Waals surface area contributed by atoms with Gasteiger partial charge in [0.1, 0.15) is 0 Å². The van der Waals surface area contributed by atoms with Gasteiger partial charge in [-0.15, -0.1) is 0 Å². The first-order valence-electron chi connectivity index (χ1n) is 14.3. The molecule has 0 fully saturated rings. The molecule has 1 heterocycles. The molecule has 0 saturated carbocycles. The smallest absolute Gasteiger partial charge is 0.205 e. The monoisotopic (exact) mass is 535 g/mol. The van der Waals surface area contributed by atoms with Gasteiger partial charge in [-0.25, -0.2) is 4.98 Å². The maximum absolute atomic E-state index is 6.52. The third-order valence-electron chi connectivity index (χ3n) is 8.75. The predicted molar refractivity (Wildman–Crippen MR) is 178 cm³/mol. The van der Waals surface area contributed by atoms with Gasteiger partial charge in [0.05, 0.1) is 11.0 Å². The van der Waals surface area contributed by atoms with Gasteiger partial charge in [-0.2, -0.15) is 0 Å². The number of rotatable bonds is 3. The number of imidazole rings is 1. The lowest BCUT2D eigenvalue weighted by molar-refractivity contribution is 1.11. The Morgan fingerprint density at radius 2 is 1.12 bits per heavy atom. The van der Waals surface area contributed by atoms with E-state index in [1.54, 1.807) is 0 Å². The van der Waals surface area contributed by atoms with Crippen LogP contribution in [0.2, 0.25) is 0 Å². The first-order chi connectivity index (χ1) is 20.7. The minimum atomic E-state index is 0.482. The van der Waals surface area contributed by atoms with Gasteiger partial charge in [-0.3, -0.25) is 4.57 Å². The van der Waals surface area contributed by atoms with Crippen molar-refractivity contribution in [1.29, 1.82) is 0 Å². The normalized spacial score (nSPS) is 11.9. The second-order valence-corrected chi connectivity index (χ2v) is 11.1. The average molecular weight is 536 g/mol. The lowest BCUT2D eigenvalue weighted by Gasteiger charge is -2.14. The molecule has 196 valence electrons. The van der Waals surface area contributed by atoms with Crippen molar-refractivity contribution >= 4 is 60.1 Å². The van der Waals surface area contributed by atoms with Gasteiger partial charge < -0.3 is 5.73 Å². The van der Waals surface area contributed by atoms with Crippen molar-refractivity contribution in [2.45, 2.75) is 0 Å². The molecule has 0 bridgehead atoms. The van der Waals surface area contributed by atoms with Crippen molar-refractivity contribution in [2.75, 3.05) is 5.73 Å². The molecule has 2 N–H and O–H groups in total. The van der Waals surface area contributed by atoms with Crippen molar-refractivity contribution in [1.82, 2.24) is 9.55 Å². The van der Waals surface area contributed by atoms with Crippen LogP contribution < -0.4 is 5.73 Å². The van der Waals surface area contributed by atoms with Crippen LogP contribution in [0.25, 0.3) is 82.1 Å². The maximum atomic E-state index is 6.52. The fourth-order valence-electron chi connectivity index (χ4n) is 6.79. The molecule has 0 spiro atoms. The van der Waals surface area contributed by atoms with Crippen LogP contribution in [0.3, 0.4) is 0 Å². The summed E-state index contributed by atoms with van der Waals surface area (Å²) in [6.45, 7) is 0. The molecule has 3 nitrogen and oxygen atoms in total. The van der Waals surface area contributed by atoms with Crippen LogP contribution in [0.5, 0.6) is 0 Å². The van der Waals surface area contributed by atoms with E-state index in [0.717, 1.165) is 22.3 Å². The van der Waals surface area contributed by atoms with E-state index in [-0.39, 0.29) is 0 Å². The van der Waals surface area contributed by atoms with E-state index >= 15 is 0 Å². The Morgan fingerprint density at radius 3 is 1.98 bits per heavy atom. The molecule has 1 aromatic heterocycles. The first-order valence-corrected chi connectivity index (χ1v) is 14.3. The number of fused-ring (bicyclic) bond motifs is 2. The average Bonchev–Trinajstić information content (AvgIpc) is 3.38. The molecule has 0 radical (unpaired) electrons. The molecule has 9 aromatic rings. The molecule has 0 aliphatic heterocycles. The molecule has 3 heteroatoms. The summed E-state index contributed by atoms with van der Waals surface area (Å²) >= 11 is 0. The lowest BCUT2D eigenvalue weighted by Crippen LogP contribution is -2.00. The van der Waals surface area contributed by atoms with Crippen LogP contribution in [0.4, 0.5) is 5.95 Å². The Balaban J connectivity index is 1.14. The Bertz CT molecular complexity index is 2450. The molecule has 8 aromatic carbocycles. The summed E-state index contributed by atoms with van der Waals surface area (Å²) in [6, 6.07) is 50.0. The highest BCUT2D eigenvalue weighted by atomic mass is 15.2. The van der Waals surface area contributed by atoms with Gasteiger partial charge in [-0.1, -0.05) is 115 Å². The summed E-state index contributed by atoms with van der Waals surface area (Å²) in [6.07, 6.45) is 0. The SMILES string of the molecule is Nc1nc2cc(-c3cccc4ccccc34)ccc2n1-c1ccc(-c2ccc3ccc4cccc5ccc2c3c45)cc1. The van der Waals surface area contributed by atoms with E-state index in [1.165, 1.54) is 59.8 Å². The highest BCUT2D eigenvalue weighted by Gasteiger charge is 2.15. The minimum Gasteiger partial charge on any atom is -0.369 e. The number of anilines is 1. The van der Waals surface area contributed by atoms with E-state index in [1.807, 2.05) is 4.57 Å². The van der Waals surface area contributed by atoms with Crippen molar-refractivity contribution in [3.05, 3.63) is 140 Å². The van der Waals surface area contributed by atoms with Gasteiger partial charge in [0.15, 0.2) is 0 Å². The molecule has 42 heavy (non-hydrogen) atoms. The predicted octanol–water partition coefficient (Wildman–Crippen LogP) is 9.99. The Hall–Kier alpha value is -5.67. The highest BCUT2D eigenvalue weighted by Crippen LogP contribution is 2.39. The zero-order chi connectivity index (χ0) is 27.8. The molecule has 0 saturated heterocycles. The lowest BCUT2D eigenvalue weighted by atomic mass is 9.90. The van der Waals surface area contributed by atoms with Crippen LogP contribution in [0.1, 0.15) is 0 Å². The number of benzene rings is 8. The second kappa shape index (κ2) is 8.66. The van der Waals surface area contributed by atoms with E-state index in [0.29, 0.717) is 5.95 Å². The van der Waals surface area contributed by atoms with Gasteiger partial charge in [0, 0.05) is 5.69 Å². The van der Waals surface area contributed by atoms with E-state index in [9.17, 15) is 0 Å². The van der Waals surface area contributed by atoms with Crippen LogP contribution >= 0.6 is 0 Å². The van der Waals surface area contributed by atoms with Crippen molar-refractivity contribution < 1.29 is 0 Å². The number of hydrogen-bond donors (Lipinski definition) is 1. The molecule has 0 aliphatic carbocycles. The van der Waals surface area contributed by atoms with Crippen molar-refractivity contribution in [3.63, 3.8) is 0 Å². The third-order valence-corrected chi connectivity index (χ3v) is 8.75. The number of aromatic nitrogens is 2. The van der Waals surface area contributed by atoms with E-state index in [2.05, 4.69) is 140 Å². The zero-order valence-electron chi connectivity index (χ0n) is 22.8. The summed E-state index contributed by atoms with van der Waals surface area (Å²) in [4.78, 5) is 4.76. The second-order valence-electron chi connectivity index (χ2n) is 11.1. The first kappa shape index (κ1) is 23.1. The molecule has 9 rings (SSSR count). The largest absolute Gasteiger partial charge is 0.369 e. The van der Waals surface area contributed by atoms with Gasteiger partial charge in [0.2, 0.25) is 5.95 Å². The minimum absolute atomic E-state index is 0.482. The van der Waals surface area contributed by atoms with Crippen molar-refractivity contribution in [2.24, 2.45) is 0 Å².